The Bertz CT molecular complexity index is 860. The van der Waals surface area contributed by atoms with Crippen molar-refractivity contribution in [2.45, 2.75) is 18.8 Å². The number of likely N-dealkylation sites (tertiary alicyclic amines) is 1. The SMILES string of the molecule is O=C(CCc1nc2ccccc2[nH]1)N1CC(CO)C(c2ccccn2)C1. The lowest BCUT2D eigenvalue weighted by Gasteiger charge is -2.16. The van der Waals surface area contributed by atoms with Gasteiger partial charge in [-0.2, -0.15) is 0 Å². The highest BCUT2D eigenvalue weighted by Gasteiger charge is 2.36. The monoisotopic (exact) mass is 350 g/mol. The third-order valence-electron chi connectivity index (χ3n) is 5.11. The Balaban J connectivity index is 1.40. The number of hydrogen-bond donors (Lipinski definition) is 2. The van der Waals surface area contributed by atoms with E-state index in [9.17, 15) is 9.90 Å². The Morgan fingerprint density at radius 1 is 1.19 bits per heavy atom. The number of aromatic nitrogens is 3. The highest BCUT2D eigenvalue weighted by Crippen LogP contribution is 2.31. The third kappa shape index (κ3) is 3.32. The molecule has 0 bridgehead atoms. The van der Waals surface area contributed by atoms with Gasteiger partial charge in [0.05, 0.1) is 11.0 Å². The fourth-order valence-electron chi connectivity index (χ4n) is 3.70. The van der Waals surface area contributed by atoms with Crippen molar-refractivity contribution in [3.8, 4) is 0 Å². The van der Waals surface area contributed by atoms with Gasteiger partial charge in [-0.15, -0.1) is 0 Å². The predicted octanol–water partition coefficient (Wildman–Crippen LogP) is 2.12. The number of nitrogens with one attached hydrogen (secondary N) is 1. The molecule has 2 unspecified atom stereocenters. The molecule has 3 aromatic rings. The average Bonchev–Trinajstić information content (AvgIpc) is 3.30. The molecule has 1 aliphatic rings. The second-order valence-corrected chi connectivity index (χ2v) is 6.80. The highest BCUT2D eigenvalue weighted by molar-refractivity contribution is 5.77. The summed E-state index contributed by atoms with van der Waals surface area (Å²) in [6.07, 6.45) is 2.75. The minimum atomic E-state index is 0.0417. The molecule has 1 aromatic carbocycles. The summed E-state index contributed by atoms with van der Waals surface area (Å²) in [4.78, 5) is 26.7. The largest absolute Gasteiger partial charge is 0.396 e. The number of nitrogens with zero attached hydrogens (tertiary/aromatic N) is 3. The number of imidazole rings is 1. The maximum absolute atomic E-state index is 12.7. The number of hydrogen-bond acceptors (Lipinski definition) is 4. The Kier molecular flexibility index (Phi) is 4.67. The lowest BCUT2D eigenvalue weighted by molar-refractivity contribution is -0.130. The Labute approximate surface area is 151 Å². The molecule has 4 rings (SSSR count). The van der Waals surface area contributed by atoms with Crippen LogP contribution in [0.15, 0.2) is 48.7 Å². The summed E-state index contributed by atoms with van der Waals surface area (Å²) in [7, 11) is 0. The molecule has 6 heteroatoms. The van der Waals surface area contributed by atoms with Crippen LogP contribution < -0.4 is 0 Å². The number of rotatable bonds is 5. The summed E-state index contributed by atoms with van der Waals surface area (Å²) in [5.74, 6) is 1.07. The van der Waals surface area contributed by atoms with Gasteiger partial charge in [-0.05, 0) is 24.3 Å². The number of pyridine rings is 1. The number of amides is 1. The van der Waals surface area contributed by atoms with E-state index < -0.39 is 0 Å². The summed E-state index contributed by atoms with van der Waals surface area (Å²) in [5.41, 5.74) is 2.86. The minimum absolute atomic E-state index is 0.0417. The van der Waals surface area contributed by atoms with Gasteiger partial charge in [-0.1, -0.05) is 18.2 Å². The summed E-state index contributed by atoms with van der Waals surface area (Å²) in [6.45, 7) is 1.26. The lowest BCUT2D eigenvalue weighted by atomic mass is 9.93. The van der Waals surface area contributed by atoms with Gasteiger partial charge in [-0.3, -0.25) is 9.78 Å². The Hall–Kier alpha value is -2.73. The van der Waals surface area contributed by atoms with Gasteiger partial charge < -0.3 is 15.0 Å². The van der Waals surface area contributed by atoms with Gasteiger partial charge >= 0.3 is 0 Å². The zero-order chi connectivity index (χ0) is 17.9. The first kappa shape index (κ1) is 16.7. The summed E-state index contributed by atoms with van der Waals surface area (Å²) in [5, 5.41) is 9.71. The van der Waals surface area contributed by atoms with E-state index in [1.165, 1.54) is 0 Å². The molecule has 1 aliphatic heterocycles. The number of para-hydroxylation sites is 2. The van der Waals surface area contributed by atoms with E-state index in [2.05, 4.69) is 15.0 Å². The van der Waals surface area contributed by atoms with E-state index in [1.54, 1.807) is 6.20 Å². The number of aromatic amines is 1. The maximum atomic E-state index is 12.7. The van der Waals surface area contributed by atoms with E-state index in [4.69, 9.17) is 0 Å². The van der Waals surface area contributed by atoms with Crippen LogP contribution in [0.2, 0.25) is 0 Å². The number of aliphatic hydroxyl groups excluding tert-OH is 1. The molecule has 26 heavy (non-hydrogen) atoms. The molecule has 1 amide bonds. The molecule has 2 aromatic heterocycles. The molecule has 1 fully saturated rings. The molecular formula is C20H22N4O2. The molecule has 0 radical (unpaired) electrons. The zero-order valence-corrected chi connectivity index (χ0v) is 14.5. The van der Waals surface area contributed by atoms with Crippen molar-refractivity contribution in [3.05, 3.63) is 60.2 Å². The maximum Gasteiger partial charge on any atom is 0.223 e. The smallest absolute Gasteiger partial charge is 0.223 e. The van der Waals surface area contributed by atoms with Gasteiger partial charge in [0.15, 0.2) is 0 Å². The molecular weight excluding hydrogens is 328 g/mol. The molecule has 1 saturated heterocycles. The van der Waals surface area contributed by atoms with Crippen molar-refractivity contribution >= 4 is 16.9 Å². The number of benzene rings is 1. The average molecular weight is 350 g/mol. The van der Waals surface area contributed by atoms with E-state index in [0.717, 1.165) is 22.6 Å². The van der Waals surface area contributed by atoms with Crippen LogP contribution in [0.5, 0.6) is 0 Å². The number of aryl methyl sites for hydroxylation is 1. The molecule has 2 atom stereocenters. The van der Waals surface area contributed by atoms with Crippen LogP contribution in [-0.2, 0) is 11.2 Å². The topological polar surface area (TPSA) is 82.1 Å². The van der Waals surface area contributed by atoms with Gasteiger partial charge in [0.25, 0.3) is 0 Å². The Morgan fingerprint density at radius 2 is 2.04 bits per heavy atom. The first-order valence-electron chi connectivity index (χ1n) is 8.98. The van der Waals surface area contributed by atoms with Gasteiger partial charge in [-0.25, -0.2) is 4.98 Å². The molecule has 6 nitrogen and oxygen atoms in total. The van der Waals surface area contributed by atoms with Crippen LogP contribution in [0, 0.1) is 5.92 Å². The van der Waals surface area contributed by atoms with Crippen LogP contribution in [-0.4, -0.2) is 50.6 Å². The van der Waals surface area contributed by atoms with Crippen molar-refractivity contribution < 1.29 is 9.90 Å². The molecule has 0 saturated carbocycles. The lowest BCUT2D eigenvalue weighted by Crippen LogP contribution is -2.29. The van der Waals surface area contributed by atoms with Gasteiger partial charge in [0.2, 0.25) is 5.91 Å². The molecule has 0 aliphatic carbocycles. The van der Waals surface area contributed by atoms with Crippen molar-refractivity contribution in [2.75, 3.05) is 19.7 Å². The number of fused-ring (bicyclic) bond motifs is 1. The molecule has 2 N–H and O–H groups in total. The quantitative estimate of drug-likeness (QED) is 0.738. The van der Waals surface area contributed by atoms with Crippen molar-refractivity contribution in [1.82, 2.24) is 19.9 Å². The standard InChI is InChI=1S/C20H22N4O2/c25-13-14-11-24(12-15(14)16-5-3-4-10-21-16)20(26)9-8-19-22-17-6-1-2-7-18(17)23-19/h1-7,10,14-15,25H,8-9,11-13H2,(H,22,23). The van der Waals surface area contributed by atoms with E-state index in [-0.39, 0.29) is 24.3 Å². The number of H-pyrrole nitrogens is 1. The summed E-state index contributed by atoms with van der Waals surface area (Å²) < 4.78 is 0. The van der Waals surface area contributed by atoms with Gasteiger partial charge in [0.1, 0.15) is 5.82 Å². The number of carbonyl (C=O) groups is 1. The second-order valence-electron chi connectivity index (χ2n) is 6.80. The van der Waals surface area contributed by atoms with Crippen molar-refractivity contribution in [3.63, 3.8) is 0 Å². The molecule has 3 heterocycles. The van der Waals surface area contributed by atoms with E-state index in [1.807, 2.05) is 47.4 Å². The third-order valence-corrected chi connectivity index (χ3v) is 5.11. The van der Waals surface area contributed by atoms with Crippen molar-refractivity contribution in [1.29, 1.82) is 0 Å². The Morgan fingerprint density at radius 3 is 2.81 bits per heavy atom. The second kappa shape index (κ2) is 7.25. The van der Waals surface area contributed by atoms with Crippen molar-refractivity contribution in [2.24, 2.45) is 5.92 Å². The first-order chi connectivity index (χ1) is 12.7. The first-order valence-corrected chi connectivity index (χ1v) is 8.98. The zero-order valence-electron chi connectivity index (χ0n) is 14.5. The number of carbonyl (C=O) groups excluding carboxylic acids is 1. The van der Waals surface area contributed by atoms with E-state index >= 15 is 0 Å². The van der Waals surface area contributed by atoms with Crippen LogP contribution in [0.3, 0.4) is 0 Å². The highest BCUT2D eigenvalue weighted by atomic mass is 16.3. The molecule has 0 spiro atoms. The van der Waals surface area contributed by atoms with Gasteiger partial charge in [0, 0.05) is 56.3 Å². The van der Waals surface area contributed by atoms with Crippen LogP contribution in [0.1, 0.15) is 23.9 Å². The normalized spacial score (nSPS) is 20.0. The fourth-order valence-corrected chi connectivity index (χ4v) is 3.70. The van der Waals surface area contributed by atoms with E-state index in [0.29, 0.717) is 25.9 Å². The fraction of sp³-hybridized carbons (Fsp3) is 0.350. The minimum Gasteiger partial charge on any atom is -0.396 e. The number of aliphatic hydroxyl groups is 1. The molecule has 134 valence electrons. The summed E-state index contributed by atoms with van der Waals surface area (Å²) in [6, 6.07) is 13.7. The van der Waals surface area contributed by atoms with Crippen LogP contribution >= 0.6 is 0 Å². The van der Waals surface area contributed by atoms with Crippen LogP contribution in [0.25, 0.3) is 11.0 Å². The van der Waals surface area contributed by atoms with Crippen LogP contribution in [0.4, 0.5) is 0 Å². The predicted molar refractivity (Wildman–Crippen MR) is 98.5 cm³/mol. The summed E-state index contributed by atoms with van der Waals surface area (Å²) >= 11 is 0.